The first kappa shape index (κ1) is 16.2. The summed E-state index contributed by atoms with van der Waals surface area (Å²) in [7, 11) is 0. The fraction of sp³-hybridized carbons (Fsp3) is 0.286. The van der Waals surface area contributed by atoms with E-state index >= 15 is 0 Å². The van der Waals surface area contributed by atoms with E-state index in [-0.39, 0.29) is 0 Å². The molecule has 0 aliphatic carbocycles. The summed E-state index contributed by atoms with van der Waals surface area (Å²) < 4.78 is 13.2. The summed E-state index contributed by atoms with van der Waals surface area (Å²) >= 11 is 1.74. The fourth-order valence-electron chi connectivity index (χ4n) is 4.12. The summed E-state index contributed by atoms with van der Waals surface area (Å²) in [6.45, 7) is 5.26. The van der Waals surface area contributed by atoms with E-state index in [0.29, 0.717) is 6.79 Å². The molecule has 28 heavy (non-hydrogen) atoms. The lowest BCUT2D eigenvalue weighted by molar-refractivity contribution is 0.174. The highest BCUT2D eigenvalue weighted by Crippen LogP contribution is 2.33. The summed E-state index contributed by atoms with van der Waals surface area (Å²) in [5.74, 6) is 2.80. The van der Waals surface area contributed by atoms with Gasteiger partial charge in [-0.15, -0.1) is 11.3 Å². The molecule has 0 unspecified atom stereocenters. The molecule has 142 valence electrons. The van der Waals surface area contributed by atoms with Crippen LogP contribution in [0.3, 0.4) is 0 Å². The van der Waals surface area contributed by atoms with E-state index in [1.54, 1.807) is 11.3 Å². The molecule has 0 saturated carbocycles. The van der Waals surface area contributed by atoms with Crippen LogP contribution in [0.5, 0.6) is 11.5 Å². The molecular weight excluding hydrogens is 372 g/mol. The number of hydrogen-bond donors (Lipinski definition) is 0. The maximum absolute atomic E-state index is 5.51. The van der Waals surface area contributed by atoms with Crippen molar-refractivity contribution in [3.8, 4) is 11.5 Å². The van der Waals surface area contributed by atoms with Crippen LogP contribution in [-0.4, -0.2) is 47.3 Å². The van der Waals surface area contributed by atoms with Gasteiger partial charge in [-0.25, -0.2) is 4.98 Å². The summed E-state index contributed by atoms with van der Waals surface area (Å²) in [4.78, 5) is 11.1. The van der Waals surface area contributed by atoms with Crippen LogP contribution in [0.15, 0.2) is 48.0 Å². The number of thiophene rings is 1. The molecule has 4 aromatic rings. The SMILES string of the molecule is c1cc2c(N3CCN(Cc4ccc5c(c4)OCO5)CC3)nc3ccsc3n2c1. The predicted molar refractivity (Wildman–Crippen MR) is 111 cm³/mol. The van der Waals surface area contributed by atoms with E-state index in [0.717, 1.165) is 55.6 Å². The maximum Gasteiger partial charge on any atom is 0.231 e. The molecule has 0 radical (unpaired) electrons. The van der Waals surface area contributed by atoms with Gasteiger partial charge in [-0.2, -0.15) is 0 Å². The van der Waals surface area contributed by atoms with Gasteiger partial charge in [-0.05, 0) is 41.3 Å². The molecule has 5 heterocycles. The van der Waals surface area contributed by atoms with Crippen LogP contribution in [0.2, 0.25) is 0 Å². The molecule has 0 spiro atoms. The van der Waals surface area contributed by atoms with Gasteiger partial charge in [0.15, 0.2) is 17.3 Å². The highest BCUT2D eigenvalue weighted by molar-refractivity contribution is 7.16. The van der Waals surface area contributed by atoms with Gasteiger partial charge in [0.05, 0.1) is 5.52 Å². The fourth-order valence-corrected chi connectivity index (χ4v) is 4.95. The number of piperazine rings is 1. The Balaban J connectivity index is 1.20. The zero-order valence-corrected chi connectivity index (χ0v) is 16.2. The average Bonchev–Trinajstić information content (AvgIpc) is 3.46. The van der Waals surface area contributed by atoms with E-state index < -0.39 is 0 Å². The van der Waals surface area contributed by atoms with Gasteiger partial charge >= 0.3 is 0 Å². The van der Waals surface area contributed by atoms with Crippen molar-refractivity contribution in [2.24, 2.45) is 0 Å². The standard InChI is InChI=1S/C21H20N4O2S/c1-2-17-20(22-16-5-11-28-21(16)25(17)6-1)24-9-7-23(8-10-24)13-15-3-4-18-19(12-15)27-14-26-18/h1-6,11-12H,7-10,13-14H2. The Morgan fingerprint density at radius 2 is 1.89 bits per heavy atom. The van der Waals surface area contributed by atoms with Crippen molar-refractivity contribution in [3.63, 3.8) is 0 Å². The highest BCUT2D eigenvalue weighted by atomic mass is 32.1. The number of fused-ring (bicyclic) bond motifs is 4. The highest BCUT2D eigenvalue weighted by Gasteiger charge is 2.22. The first-order chi connectivity index (χ1) is 13.8. The van der Waals surface area contributed by atoms with E-state index in [9.17, 15) is 0 Å². The van der Waals surface area contributed by atoms with Crippen LogP contribution in [0.1, 0.15) is 5.56 Å². The van der Waals surface area contributed by atoms with Crippen LogP contribution in [0.25, 0.3) is 15.9 Å². The van der Waals surface area contributed by atoms with E-state index in [4.69, 9.17) is 14.5 Å². The Morgan fingerprint density at radius 3 is 2.82 bits per heavy atom. The normalized spacial score (nSPS) is 17.1. The predicted octanol–water partition coefficient (Wildman–Crippen LogP) is 3.60. The topological polar surface area (TPSA) is 42.2 Å². The third-order valence-electron chi connectivity index (χ3n) is 5.56. The Labute approximate surface area is 166 Å². The minimum Gasteiger partial charge on any atom is -0.454 e. The largest absolute Gasteiger partial charge is 0.454 e. The zero-order valence-electron chi connectivity index (χ0n) is 15.4. The van der Waals surface area contributed by atoms with Gasteiger partial charge in [0, 0.05) is 38.9 Å². The van der Waals surface area contributed by atoms with Crippen molar-refractivity contribution in [1.82, 2.24) is 14.3 Å². The van der Waals surface area contributed by atoms with Crippen LogP contribution >= 0.6 is 11.3 Å². The van der Waals surface area contributed by atoms with Crippen LogP contribution in [-0.2, 0) is 6.54 Å². The summed E-state index contributed by atoms with van der Waals surface area (Å²) in [6.07, 6.45) is 2.13. The number of nitrogens with zero attached hydrogens (tertiary/aromatic N) is 4. The quantitative estimate of drug-likeness (QED) is 0.533. The van der Waals surface area contributed by atoms with Crippen molar-refractivity contribution in [2.45, 2.75) is 6.54 Å². The monoisotopic (exact) mass is 392 g/mol. The smallest absolute Gasteiger partial charge is 0.231 e. The summed E-state index contributed by atoms with van der Waals surface area (Å²) in [5, 5.41) is 2.12. The van der Waals surface area contributed by atoms with E-state index in [1.807, 2.05) is 6.07 Å². The van der Waals surface area contributed by atoms with Crippen LogP contribution in [0, 0.1) is 0 Å². The molecule has 7 heteroatoms. The lowest BCUT2D eigenvalue weighted by Crippen LogP contribution is -2.46. The Bertz CT molecular complexity index is 1160. The number of ether oxygens (including phenoxy) is 2. The minimum absolute atomic E-state index is 0.327. The van der Waals surface area contributed by atoms with E-state index in [2.05, 4.69) is 56.1 Å². The van der Waals surface area contributed by atoms with Crippen molar-refractivity contribution in [3.05, 3.63) is 53.5 Å². The molecule has 2 aliphatic rings. The molecule has 0 atom stereocenters. The van der Waals surface area contributed by atoms with Crippen molar-refractivity contribution in [1.29, 1.82) is 0 Å². The first-order valence-electron chi connectivity index (χ1n) is 9.55. The van der Waals surface area contributed by atoms with Gasteiger partial charge < -0.3 is 18.8 Å². The second-order valence-corrected chi connectivity index (χ2v) is 8.16. The second-order valence-electron chi connectivity index (χ2n) is 7.26. The maximum atomic E-state index is 5.51. The summed E-state index contributed by atoms with van der Waals surface area (Å²) in [5.41, 5.74) is 3.54. The molecule has 0 amide bonds. The molecule has 2 aliphatic heterocycles. The minimum atomic E-state index is 0.327. The average molecular weight is 392 g/mol. The van der Waals surface area contributed by atoms with E-state index in [1.165, 1.54) is 15.9 Å². The first-order valence-corrected chi connectivity index (χ1v) is 10.4. The van der Waals surface area contributed by atoms with Crippen molar-refractivity contribution >= 4 is 33.0 Å². The van der Waals surface area contributed by atoms with Gasteiger partial charge in [0.25, 0.3) is 0 Å². The van der Waals surface area contributed by atoms with Gasteiger partial charge in [-0.1, -0.05) is 6.07 Å². The van der Waals surface area contributed by atoms with Crippen LogP contribution < -0.4 is 14.4 Å². The molecule has 3 aromatic heterocycles. The number of anilines is 1. The molecule has 6 nitrogen and oxygen atoms in total. The molecule has 6 rings (SSSR count). The number of rotatable bonds is 3. The number of benzene rings is 1. The van der Waals surface area contributed by atoms with Gasteiger partial charge in [0.1, 0.15) is 10.3 Å². The molecule has 1 fully saturated rings. The third kappa shape index (κ3) is 2.62. The molecule has 0 bridgehead atoms. The Hall–Kier alpha value is -2.77. The molecule has 1 saturated heterocycles. The third-order valence-corrected chi connectivity index (χ3v) is 6.46. The van der Waals surface area contributed by atoms with Crippen molar-refractivity contribution in [2.75, 3.05) is 37.9 Å². The van der Waals surface area contributed by atoms with Gasteiger partial charge in [0.2, 0.25) is 6.79 Å². The molecule has 1 aromatic carbocycles. The summed E-state index contributed by atoms with van der Waals surface area (Å²) in [6, 6.07) is 12.6. The van der Waals surface area contributed by atoms with Gasteiger partial charge in [-0.3, -0.25) is 4.90 Å². The second kappa shape index (κ2) is 6.39. The lowest BCUT2D eigenvalue weighted by Gasteiger charge is -2.35. The number of hydrogen-bond acceptors (Lipinski definition) is 6. The molecule has 0 N–H and O–H groups in total. The Kier molecular flexibility index (Phi) is 3.70. The lowest BCUT2D eigenvalue weighted by atomic mass is 10.1. The molecular formula is C21H20N4O2S. The van der Waals surface area contributed by atoms with Crippen LogP contribution in [0.4, 0.5) is 5.82 Å². The zero-order chi connectivity index (χ0) is 18.5. The van der Waals surface area contributed by atoms with Crippen molar-refractivity contribution < 1.29 is 9.47 Å². The Morgan fingerprint density at radius 1 is 1.00 bits per heavy atom. The number of aromatic nitrogens is 2.